The first-order valence-corrected chi connectivity index (χ1v) is 6.60. The fraction of sp³-hybridized carbons (Fsp3) is 0.500. The molecule has 0 aromatic heterocycles. The van der Waals surface area contributed by atoms with E-state index in [9.17, 15) is 8.78 Å². The number of alkyl halides is 2. The monoisotopic (exact) mass is 411 g/mol. The number of aliphatic imine (C=N–C) groups is 1. The zero-order chi connectivity index (χ0) is 14.5. The van der Waals surface area contributed by atoms with E-state index in [-0.39, 0.29) is 29.7 Å². The van der Waals surface area contributed by atoms with Gasteiger partial charge in [-0.25, -0.2) is 0 Å². The Morgan fingerprint density at radius 2 is 2.10 bits per heavy atom. The van der Waals surface area contributed by atoms with Crippen molar-refractivity contribution in [2.75, 3.05) is 7.05 Å². The molecule has 2 N–H and O–H groups in total. The third-order valence-electron chi connectivity index (χ3n) is 3.29. The normalized spacial score (nSPS) is 20.7. The lowest BCUT2D eigenvalue weighted by atomic mass is 10.2. The van der Waals surface area contributed by atoms with Crippen molar-refractivity contribution in [3.8, 4) is 5.75 Å². The Bertz CT molecular complexity index is 485. The zero-order valence-electron chi connectivity index (χ0n) is 12.0. The molecule has 0 aliphatic heterocycles. The van der Waals surface area contributed by atoms with Gasteiger partial charge >= 0.3 is 6.61 Å². The van der Waals surface area contributed by atoms with E-state index in [0.717, 1.165) is 6.42 Å². The first-order valence-electron chi connectivity index (χ1n) is 6.60. The van der Waals surface area contributed by atoms with Crippen LogP contribution in [0.15, 0.2) is 29.3 Å². The highest BCUT2D eigenvalue weighted by Gasteiger charge is 2.33. The summed E-state index contributed by atoms with van der Waals surface area (Å²) in [4.78, 5) is 4.11. The number of halogens is 3. The van der Waals surface area contributed by atoms with Crippen molar-refractivity contribution in [2.45, 2.75) is 32.5 Å². The largest absolute Gasteiger partial charge is 0.434 e. The van der Waals surface area contributed by atoms with E-state index in [1.54, 1.807) is 25.2 Å². The summed E-state index contributed by atoms with van der Waals surface area (Å²) in [5.41, 5.74) is 0.666. The van der Waals surface area contributed by atoms with Crippen molar-refractivity contribution in [1.29, 1.82) is 0 Å². The predicted octanol–water partition coefficient (Wildman–Crippen LogP) is 2.98. The summed E-state index contributed by atoms with van der Waals surface area (Å²) in [5.74, 6) is 1.51. The highest BCUT2D eigenvalue weighted by Crippen LogP contribution is 2.28. The minimum atomic E-state index is -2.82. The van der Waals surface area contributed by atoms with E-state index >= 15 is 0 Å². The maximum Gasteiger partial charge on any atom is 0.387 e. The summed E-state index contributed by atoms with van der Waals surface area (Å²) in [5, 5.41) is 6.38. The van der Waals surface area contributed by atoms with Crippen molar-refractivity contribution in [3.05, 3.63) is 29.8 Å². The number of para-hydroxylation sites is 1. The van der Waals surface area contributed by atoms with Gasteiger partial charge in [-0.2, -0.15) is 8.78 Å². The molecule has 0 saturated heterocycles. The number of ether oxygens (including phenoxy) is 1. The summed E-state index contributed by atoms with van der Waals surface area (Å²) in [6, 6.07) is 7.18. The number of hydrogen-bond donors (Lipinski definition) is 2. The van der Waals surface area contributed by atoms with Crippen LogP contribution in [0.2, 0.25) is 0 Å². The maximum atomic E-state index is 12.3. The van der Waals surface area contributed by atoms with Gasteiger partial charge in [-0.3, -0.25) is 4.99 Å². The van der Waals surface area contributed by atoms with Crippen LogP contribution in [-0.4, -0.2) is 25.7 Å². The van der Waals surface area contributed by atoms with Crippen molar-refractivity contribution < 1.29 is 13.5 Å². The van der Waals surface area contributed by atoms with Crippen LogP contribution < -0.4 is 15.4 Å². The molecule has 0 amide bonds. The van der Waals surface area contributed by atoms with E-state index in [4.69, 9.17) is 0 Å². The van der Waals surface area contributed by atoms with E-state index < -0.39 is 6.61 Å². The fourth-order valence-corrected chi connectivity index (χ4v) is 1.93. The Hall–Kier alpha value is -1.12. The summed E-state index contributed by atoms with van der Waals surface area (Å²) in [6.45, 7) is -0.277. The van der Waals surface area contributed by atoms with E-state index in [1.807, 2.05) is 0 Å². The lowest BCUT2D eigenvalue weighted by molar-refractivity contribution is -0.0504. The van der Waals surface area contributed by atoms with Gasteiger partial charge in [0.1, 0.15) is 5.75 Å². The standard InChI is InChI=1S/C14H19F2N3O.HI/c1-9-7-11(9)19-14(17-2)18-8-10-5-3-4-6-12(10)20-13(15)16;/h3-6,9,11,13H,7-8H2,1-2H3,(H2,17,18,19);1H. The number of rotatable bonds is 5. The van der Waals surface area contributed by atoms with Gasteiger partial charge in [0, 0.05) is 25.2 Å². The SMILES string of the molecule is CN=C(NCc1ccccc1OC(F)F)NC1CC1C.I. The number of guanidine groups is 1. The Kier molecular flexibility index (Phi) is 7.13. The molecule has 21 heavy (non-hydrogen) atoms. The average molecular weight is 411 g/mol. The summed E-state index contributed by atoms with van der Waals surface area (Å²) < 4.78 is 29.1. The molecule has 1 aromatic carbocycles. The molecule has 2 rings (SSSR count). The predicted molar refractivity (Wildman–Crippen MR) is 89.4 cm³/mol. The molecular weight excluding hydrogens is 391 g/mol. The summed E-state index contributed by atoms with van der Waals surface area (Å²) in [6.07, 6.45) is 1.13. The van der Waals surface area contributed by atoms with Gasteiger partial charge < -0.3 is 15.4 Å². The molecule has 1 aliphatic carbocycles. The average Bonchev–Trinajstić information content (AvgIpc) is 3.11. The minimum Gasteiger partial charge on any atom is -0.434 e. The lowest BCUT2D eigenvalue weighted by Crippen LogP contribution is -2.38. The topological polar surface area (TPSA) is 45.7 Å². The van der Waals surface area contributed by atoms with Gasteiger partial charge in [0.2, 0.25) is 0 Å². The van der Waals surface area contributed by atoms with Crippen LogP contribution in [0.25, 0.3) is 0 Å². The van der Waals surface area contributed by atoms with Crippen LogP contribution in [-0.2, 0) is 6.54 Å². The molecule has 0 spiro atoms. The maximum absolute atomic E-state index is 12.3. The minimum absolute atomic E-state index is 0. The molecule has 1 saturated carbocycles. The van der Waals surface area contributed by atoms with Gasteiger partial charge in [0.15, 0.2) is 5.96 Å². The van der Waals surface area contributed by atoms with Crippen LogP contribution in [0, 0.1) is 5.92 Å². The van der Waals surface area contributed by atoms with E-state index in [0.29, 0.717) is 30.0 Å². The number of nitrogens with one attached hydrogen (secondary N) is 2. The second-order valence-electron chi connectivity index (χ2n) is 4.88. The molecule has 2 atom stereocenters. The molecule has 1 fully saturated rings. The van der Waals surface area contributed by atoms with Gasteiger partial charge in [0.25, 0.3) is 0 Å². The Labute approximate surface area is 140 Å². The van der Waals surface area contributed by atoms with Crippen LogP contribution in [0.5, 0.6) is 5.75 Å². The summed E-state index contributed by atoms with van der Waals surface area (Å²) >= 11 is 0. The smallest absolute Gasteiger partial charge is 0.387 e. The van der Waals surface area contributed by atoms with E-state index in [2.05, 4.69) is 27.3 Å². The highest BCUT2D eigenvalue weighted by atomic mass is 127. The van der Waals surface area contributed by atoms with Gasteiger partial charge in [-0.05, 0) is 18.4 Å². The van der Waals surface area contributed by atoms with Crippen LogP contribution >= 0.6 is 24.0 Å². The molecule has 4 nitrogen and oxygen atoms in total. The third-order valence-corrected chi connectivity index (χ3v) is 3.29. The number of hydrogen-bond acceptors (Lipinski definition) is 2. The van der Waals surface area contributed by atoms with Crippen molar-refractivity contribution in [3.63, 3.8) is 0 Å². The second kappa shape index (κ2) is 8.35. The fourth-order valence-electron chi connectivity index (χ4n) is 1.93. The Balaban J connectivity index is 0.00000220. The molecule has 0 radical (unpaired) electrons. The van der Waals surface area contributed by atoms with Gasteiger partial charge in [-0.15, -0.1) is 24.0 Å². The van der Waals surface area contributed by atoms with Crippen molar-refractivity contribution in [1.82, 2.24) is 10.6 Å². The van der Waals surface area contributed by atoms with Gasteiger partial charge in [-0.1, -0.05) is 25.1 Å². The van der Waals surface area contributed by atoms with Crippen molar-refractivity contribution in [2.24, 2.45) is 10.9 Å². The molecule has 7 heteroatoms. The van der Waals surface area contributed by atoms with Gasteiger partial charge in [0.05, 0.1) is 0 Å². The zero-order valence-corrected chi connectivity index (χ0v) is 14.3. The van der Waals surface area contributed by atoms with Crippen LogP contribution in [0.3, 0.4) is 0 Å². The molecular formula is C14H20F2IN3O. The first kappa shape index (κ1) is 17.9. The summed E-state index contributed by atoms with van der Waals surface area (Å²) in [7, 11) is 1.68. The van der Waals surface area contributed by atoms with E-state index in [1.165, 1.54) is 6.07 Å². The van der Waals surface area contributed by atoms with Crippen molar-refractivity contribution >= 4 is 29.9 Å². The quantitative estimate of drug-likeness (QED) is 0.445. The molecule has 2 unspecified atom stereocenters. The third kappa shape index (κ3) is 5.64. The molecule has 1 aromatic rings. The van der Waals surface area contributed by atoms with Crippen LogP contribution in [0.4, 0.5) is 8.78 Å². The number of nitrogens with zero attached hydrogens (tertiary/aromatic N) is 1. The Morgan fingerprint density at radius 3 is 2.67 bits per heavy atom. The molecule has 1 aliphatic rings. The number of benzene rings is 1. The lowest BCUT2D eigenvalue weighted by Gasteiger charge is -2.14. The molecule has 0 heterocycles. The first-order chi connectivity index (χ1) is 9.60. The molecule has 118 valence electrons. The highest BCUT2D eigenvalue weighted by molar-refractivity contribution is 14.0. The van der Waals surface area contributed by atoms with Crippen LogP contribution in [0.1, 0.15) is 18.9 Å². The Morgan fingerprint density at radius 1 is 1.43 bits per heavy atom. The molecule has 0 bridgehead atoms. The second-order valence-corrected chi connectivity index (χ2v) is 4.88.